The summed E-state index contributed by atoms with van der Waals surface area (Å²) in [6.07, 6.45) is 0. The molecule has 1 aromatic carbocycles. The quantitative estimate of drug-likeness (QED) is 0.648. The summed E-state index contributed by atoms with van der Waals surface area (Å²) in [5.41, 5.74) is 1.03. The monoisotopic (exact) mass is 191 g/mol. The Morgan fingerprint density at radius 3 is 2.29 bits per heavy atom. The number of H-pyrrole nitrogens is 1. The molecule has 4 heteroatoms. The van der Waals surface area contributed by atoms with Crippen LogP contribution in [0.5, 0.6) is 5.75 Å². The smallest absolute Gasteiger partial charge is 0.268 e. The molecule has 0 fully saturated rings. The molecule has 2 rings (SSSR count). The first-order chi connectivity index (χ1) is 6.52. The van der Waals surface area contributed by atoms with Gasteiger partial charge in [0.15, 0.2) is 5.75 Å². The molecular formula is C10H9NO3. The zero-order valence-corrected chi connectivity index (χ0v) is 7.84. The number of hydrogen-bond donors (Lipinski definition) is 2. The van der Waals surface area contributed by atoms with Gasteiger partial charge in [0.2, 0.25) is 5.43 Å². The second-order valence-corrected chi connectivity index (χ2v) is 3.37. The first kappa shape index (κ1) is 8.74. The van der Waals surface area contributed by atoms with Crippen LogP contribution >= 0.6 is 0 Å². The normalized spacial score (nSPS) is 11.0. The molecule has 2 N–H and O–H groups in total. The fourth-order valence-electron chi connectivity index (χ4n) is 1.61. The minimum atomic E-state index is -0.793. The highest BCUT2D eigenvalue weighted by Crippen LogP contribution is 2.27. The second-order valence-electron chi connectivity index (χ2n) is 3.37. The largest absolute Gasteiger partial charge is 0.503 e. The van der Waals surface area contributed by atoms with Crippen molar-refractivity contribution in [2.24, 2.45) is 0 Å². The van der Waals surface area contributed by atoms with E-state index in [4.69, 9.17) is 0 Å². The van der Waals surface area contributed by atoms with Gasteiger partial charge in [-0.2, -0.15) is 0 Å². The number of rotatable bonds is 1. The van der Waals surface area contributed by atoms with Crippen molar-refractivity contribution >= 4 is 0 Å². The Morgan fingerprint density at radius 1 is 1.21 bits per heavy atom. The molecule has 0 aliphatic heterocycles. The Hall–Kier alpha value is -1.84. The minimum absolute atomic E-state index is 0.136. The lowest BCUT2D eigenvalue weighted by Crippen LogP contribution is -2.31. The maximum absolute atomic E-state index is 11.2. The Balaban J connectivity index is 2.68. The molecule has 0 atom stereocenters. The van der Waals surface area contributed by atoms with E-state index in [2.05, 4.69) is 4.98 Å². The summed E-state index contributed by atoms with van der Waals surface area (Å²) in [4.78, 5) is 25.0. The molecular weight excluding hydrogens is 182 g/mol. The van der Waals surface area contributed by atoms with Gasteiger partial charge in [-0.3, -0.25) is 9.59 Å². The van der Waals surface area contributed by atoms with Crippen molar-refractivity contribution in [2.45, 2.75) is 13.8 Å². The SMILES string of the molecule is Cc1cc(-c2c(O)c(=O)c2=O)c(C)[nH]1. The van der Waals surface area contributed by atoms with Crippen LogP contribution < -0.4 is 10.9 Å². The minimum Gasteiger partial charge on any atom is -0.503 e. The van der Waals surface area contributed by atoms with Gasteiger partial charge < -0.3 is 10.1 Å². The molecule has 0 saturated carbocycles. The fraction of sp³-hybridized carbons (Fsp3) is 0.200. The molecule has 0 saturated heterocycles. The number of nitrogens with one attached hydrogen (secondary N) is 1. The third-order valence-corrected chi connectivity index (χ3v) is 2.30. The average molecular weight is 191 g/mol. The topological polar surface area (TPSA) is 70.2 Å². The van der Waals surface area contributed by atoms with E-state index >= 15 is 0 Å². The van der Waals surface area contributed by atoms with Crippen LogP contribution in [0.2, 0.25) is 0 Å². The molecule has 2 aromatic rings. The third kappa shape index (κ3) is 0.937. The van der Waals surface area contributed by atoms with Crippen LogP contribution in [0.4, 0.5) is 0 Å². The van der Waals surface area contributed by atoms with Crippen LogP contribution in [0.1, 0.15) is 11.4 Å². The highest BCUT2D eigenvalue weighted by molar-refractivity contribution is 5.75. The molecule has 72 valence electrons. The molecule has 0 amide bonds. The Labute approximate surface area is 79.5 Å². The van der Waals surface area contributed by atoms with E-state index in [0.717, 1.165) is 11.4 Å². The summed E-state index contributed by atoms with van der Waals surface area (Å²) in [7, 11) is 0. The number of hydrogen-bond acceptors (Lipinski definition) is 3. The molecule has 14 heavy (non-hydrogen) atoms. The van der Waals surface area contributed by atoms with Crippen molar-refractivity contribution in [1.82, 2.24) is 4.98 Å². The van der Waals surface area contributed by atoms with E-state index in [1.54, 1.807) is 13.0 Å². The van der Waals surface area contributed by atoms with Gasteiger partial charge in [0.1, 0.15) is 0 Å². The van der Waals surface area contributed by atoms with Crippen LogP contribution in [0.25, 0.3) is 11.1 Å². The van der Waals surface area contributed by atoms with Crippen molar-refractivity contribution in [2.75, 3.05) is 0 Å². The van der Waals surface area contributed by atoms with Gasteiger partial charge in [-0.15, -0.1) is 0 Å². The second kappa shape index (κ2) is 2.57. The Bertz CT molecular complexity index is 570. The molecule has 0 spiro atoms. The van der Waals surface area contributed by atoms with E-state index in [1.807, 2.05) is 6.92 Å². The summed E-state index contributed by atoms with van der Waals surface area (Å²) < 4.78 is 0. The van der Waals surface area contributed by atoms with Gasteiger partial charge in [0.25, 0.3) is 5.43 Å². The molecule has 0 unspecified atom stereocenters. The summed E-state index contributed by atoms with van der Waals surface area (Å²) >= 11 is 0. The van der Waals surface area contributed by atoms with Crippen molar-refractivity contribution in [1.29, 1.82) is 0 Å². The molecule has 0 aliphatic carbocycles. The Morgan fingerprint density at radius 2 is 1.86 bits per heavy atom. The molecule has 4 nitrogen and oxygen atoms in total. The van der Waals surface area contributed by atoms with E-state index in [1.165, 1.54) is 0 Å². The van der Waals surface area contributed by atoms with Gasteiger partial charge in [0, 0.05) is 17.0 Å². The van der Waals surface area contributed by atoms with Crippen molar-refractivity contribution in [3.63, 3.8) is 0 Å². The fourth-order valence-corrected chi connectivity index (χ4v) is 1.61. The van der Waals surface area contributed by atoms with Gasteiger partial charge in [0.05, 0.1) is 5.56 Å². The molecule has 0 aliphatic rings. The highest BCUT2D eigenvalue weighted by atomic mass is 16.3. The predicted octanol–water partition coefficient (Wildman–Crippen LogP) is 0.600. The average Bonchev–Trinajstić information content (AvgIpc) is 2.45. The van der Waals surface area contributed by atoms with Gasteiger partial charge in [-0.1, -0.05) is 0 Å². The highest BCUT2D eigenvalue weighted by Gasteiger charge is 2.23. The zero-order valence-electron chi connectivity index (χ0n) is 7.84. The van der Waals surface area contributed by atoms with Gasteiger partial charge >= 0.3 is 0 Å². The molecule has 1 heterocycles. The van der Waals surface area contributed by atoms with E-state index in [9.17, 15) is 14.7 Å². The summed E-state index contributed by atoms with van der Waals surface area (Å²) in [6, 6.07) is 1.74. The summed E-state index contributed by atoms with van der Waals surface area (Å²) in [5.74, 6) is -0.419. The lowest BCUT2D eigenvalue weighted by molar-refractivity contribution is 0.465. The first-order valence-electron chi connectivity index (χ1n) is 4.21. The molecule has 0 bridgehead atoms. The van der Waals surface area contributed by atoms with Gasteiger partial charge in [-0.25, -0.2) is 0 Å². The number of aromatic amines is 1. The van der Waals surface area contributed by atoms with Crippen molar-refractivity contribution in [3.8, 4) is 16.9 Å². The van der Waals surface area contributed by atoms with E-state index in [0.29, 0.717) is 5.56 Å². The van der Waals surface area contributed by atoms with Crippen LogP contribution in [0.15, 0.2) is 15.7 Å². The van der Waals surface area contributed by atoms with Crippen LogP contribution in [-0.4, -0.2) is 10.1 Å². The van der Waals surface area contributed by atoms with E-state index < -0.39 is 16.6 Å². The van der Waals surface area contributed by atoms with E-state index in [-0.39, 0.29) is 5.56 Å². The third-order valence-electron chi connectivity index (χ3n) is 2.30. The lowest BCUT2D eigenvalue weighted by Gasteiger charge is -2.03. The predicted molar refractivity (Wildman–Crippen MR) is 52.3 cm³/mol. The maximum atomic E-state index is 11.2. The Kier molecular flexibility index (Phi) is 1.61. The molecule has 0 radical (unpaired) electrons. The summed E-state index contributed by atoms with van der Waals surface area (Å²) in [5, 5.41) is 9.23. The lowest BCUT2D eigenvalue weighted by atomic mass is 10.0. The number of aromatic nitrogens is 1. The van der Waals surface area contributed by atoms with Crippen LogP contribution in [0, 0.1) is 13.8 Å². The van der Waals surface area contributed by atoms with Crippen molar-refractivity contribution in [3.05, 3.63) is 37.9 Å². The summed E-state index contributed by atoms with van der Waals surface area (Å²) in [6.45, 7) is 3.64. The molecule has 1 aromatic heterocycles. The van der Waals surface area contributed by atoms with Crippen molar-refractivity contribution < 1.29 is 5.11 Å². The van der Waals surface area contributed by atoms with Crippen LogP contribution in [-0.2, 0) is 0 Å². The standard InChI is InChI=1S/C10H9NO3/c1-4-3-6(5(2)11-4)7-8(12)10(14)9(7)13/h3,11-12H,1-2H3. The number of aromatic hydroxyl groups is 1. The zero-order chi connectivity index (χ0) is 10.5. The van der Waals surface area contributed by atoms with Crippen LogP contribution in [0.3, 0.4) is 0 Å². The number of aryl methyl sites for hydroxylation is 2. The maximum Gasteiger partial charge on any atom is 0.268 e. The first-order valence-corrected chi connectivity index (χ1v) is 4.21. The van der Waals surface area contributed by atoms with Gasteiger partial charge in [-0.05, 0) is 19.9 Å².